The second kappa shape index (κ2) is 5.47. The second-order valence-corrected chi connectivity index (χ2v) is 8.29. The van der Waals surface area contributed by atoms with Crippen molar-refractivity contribution in [3.05, 3.63) is 0 Å². The van der Waals surface area contributed by atoms with Crippen LogP contribution in [0.15, 0.2) is 0 Å². The molecule has 2 N–H and O–H groups in total. The van der Waals surface area contributed by atoms with E-state index in [0.717, 1.165) is 32.3 Å². The maximum atomic E-state index is 11.3. The highest BCUT2D eigenvalue weighted by atomic mass is 32.2. The van der Waals surface area contributed by atoms with Gasteiger partial charge in [-0.1, -0.05) is 19.3 Å². The fourth-order valence-corrected chi connectivity index (χ4v) is 4.43. The van der Waals surface area contributed by atoms with Crippen LogP contribution < -0.4 is 5.73 Å². The van der Waals surface area contributed by atoms with Crippen molar-refractivity contribution in [3.63, 3.8) is 0 Å². The highest BCUT2D eigenvalue weighted by Crippen LogP contribution is 2.41. The van der Waals surface area contributed by atoms with Gasteiger partial charge in [0.2, 0.25) is 0 Å². The van der Waals surface area contributed by atoms with Crippen molar-refractivity contribution >= 4 is 9.84 Å². The summed E-state index contributed by atoms with van der Waals surface area (Å²) in [4.78, 5) is 0. The molecule has 2 atom stereocenters. The van der Waals surface area contributed by atoms with E-state index in [-0.39, 0.29) is 17.4 Å². The van der Waals surface area contributed by atoms with E-state index in [9.17, 15) is 8.42 Å². The molecule has 1 saturated heterocycles. The van der Waals surface area contributed by atoms with Crippen LogP contribution in [0, 0.1) is 5.92 Å². The Balaban J connectivity index is 1.97. The van der Waals surface area contributed by atoms with E-state index in [2.05, 4.69) is 0 Å². The van der Waals surface area contributed by atoms with E-state index in [1.54, 1.807) is 0 Å². The lowest BCUT2D eigenvalue weighted by Gasteiger charge is -2.45. The molecule has 0 amide bonds. The highest BCUT2D eigenvalue weighted by molar-refractivity contribution is 7.90. The van der Waals surface area contributed by atoms with Crippen LogP contribution in [0.3, 0.4) is 0 Å². The minimum Gasteiger partial charge on any atom is -0.375 e. The molecule has 4 nitrogen and oxygen atoms in total. The number of ether oxygens (including phenoxy) is 1. The molecular weight excluding hydrogens is 250 g/mol. The van der Waals surface area contributed by atoms with E-state index < -0.39 is 9.84 Å². The molecule has 1 aliphatic heterocycles. The number of nitrogens with two attached hydrogens (primary N) is 1. The molecule has 1 spiro atoms. The molecule has 0 aromatic heterocycles. The van der Waals surface area contributed by atoms with Crippen LogP contribution in [-0.4, -0.2) is 38.7 Å². The van der Waals surface area contributed by atoms with Crippen LogP contribution in [0.25, 0.3) is 0 Å². The van der Waals surface area contributed by atoms with Crippen LogP contribution in [-0.2, 0) is 14.6 Å². The lowest BCUT2D eigenvalue weighted by Crippen LogP contribution is -2.48. The molecule has 2 aliphatic rings. The molecule has 0 aromatic carbocycles. The number of hydrogen-bond acceptors (Lipinski definition) is 4. The second-order valence-electron chi connectivity index (χ2n) is 6.10. The molecule has 2 unspecified atom stereocenters. The molecule has 1 saturated carbocycles. The summed E-state index contributed by atoms with van der Waals surface area (Å²) >= 11 is 0. The predicted octanol–water partition coefficient (Wildman–Crippen LogP) is 1.49. The lowest BCUT2D eigenvalue weighted by atomic mass is 9.74. The Morgan fingerprint density at radius 2 is 2.00 bits per heavy atom. The first-order chi connectivity index (χ1) is 8.40. The Kier molecular flexibility index (Phi) is 4.34. The molecule has 2 fully saturated rings. The van der Waals surface area contributed by atoms with Crippen molar-refractivity contribution in [1.29, 1.82) is 0 Å². The Hall–Kier alpha value is -0.130. The standard InChI is InChI=1S/C13H25NO3S/c1-18(15,16)10-12(14)11-5-8-17-13(9-11)6-3-2-4-7-13/h11-12H,2-10,14H2,1H3. The van der Waals surface area contributed by atoms with Gasteiger partial charge in [0.15, 0.2) is 0 Å². The third-order valence-corrected chi connectivity index (χ3v) is 5.39. The quantitative estimate of drug-likeness (QED) is 0.847. The molecular formula is C13H25NO3S. The Morgan fingerprint density at radius 1 is 1.33 bits per heavy atom. The Bertz CT molecular complexity index is 368. The van der Waals surface area contributed by atoms with Crippen molar-refractivity contribution < 1.29 is 13.2 Å². The summed E-state index contributed by atoms with van der Waals surface area (Å²) in [6.45, 7) is 0.738. The third kappa shape index (κ3) is 3.68. The van der Waals surface area contributed by atoms with Crippen molar-refractivity contribution in [2.45, 2.75) is 56.6 Å². The summed E-state index contributed by atoms with van der Waals surface area (Å²) in [6, 6.07) is -0.234. The summed E-state index contributed by atoms with van der Waals surface area (Å²) < 4.78 is 28.7. The van der Waals surface area contributed by atoms with Gasteiger partial charge in [-0.15, -0.1) is 0 Å². The zero-order chi connectivity index (χ0) is 13.2. The van der Waals surface area contributed by atoms with Gasteiger partial charge in [-0.25, -0.2) is 8.42 Å². The van der Waals surface area contributed by atoms with Crippen molar-refractivity contribution in [2.24, 2.45) is 11.7 Å². The van der Waals surface area contributed by atoms with Gasteiger partial charge < -0.3 is 10.5 Å². The zero-order valence-corrected chi connectivity index (χ0v) is 12.0. The lowest BCUT2D eigenvalue weighted by molar-refractivity contribution is -0.119. The predicted molar refractivity (Wildman–Crippen MR) is 72.2 cm³/mol. The molecule has 106 valence electrons. The van der Waals surface area contributed by atoms with Gasteiger partial charge in [0.1, 0.15) is 9.84 Å². The normalized spacial score (nSPS) is 30.2. The maximum absolute atomic E-state index is 11.3. The monoisotopic (exact) mass is 275 g/mol. The van der Waals surface area contributed by atoms with Crippen molar-refractivity contribution in [3.8, 4) is 0 Å². The number of rotatable bonds is 3. The summed E-state index contributed by atoms with van der Waals surface area (Å²) in [6.07, 6.45) is 9.11. The summed E-state index contributed by atoms with van der Waals surface area (Å²) in [5, 5.41) is 0. The molecule has 1 heterocycles. The first-order valence-electron chi connectivity index (χ1n) is 6.98. The highest BCUT2D eigenvalue weighted by Gasteiger charge is 2.40. The molecule has 0 radical (unpaired) electrons. The van der Waals surface area contributed by atoms with Crippen LogP contribution in [0.4, 0.5) is 0 Å². The minimum absolute atomic E-state index is 0.0102. The third-order valence-electron chi connectivity index (χ3n) is 4.40. The van der Waals surface area contributed by atoms with Crippen LogP contribution in [0.5, 0.6) is 0 Å². The van der Waals surface area contributed by atoms with Crippen molar-refractivity contribution in [2.75, 3.05) is 18.6 Å². The molecule has 0 bridgehead atoms. The zero-order valence-electron chi connectivity index (χ0n) is 11.2. The first-order valence-corrected chi connectivity index (χ1v) is 9.04. The number of sulfone groups is 1. The fraction of sp³-hybridized carbons (Fsp3) is 1.00. The molecule has 5 heteroatoms. The fourth-order valence-electron chi connectivity index (χ4n) is 3.46. The average molecular weight is 275 g/mol. The molecule has 0 aromatic rings. The largest absolute Gasteiger partial charge is 0.375 e. The van der Waals surface area contributed by atoms with E-state index >= 15 is 0 Å². The number of hydrogen-bond donors (Lipinski definition) is 1. The van der Waals surface area contributed by atoms with Gasteiger partial charge in [0.25, 0.3) is 0 Å². The van der Waals surface area contributed by atoms with E-state index in [0.29, 0.717) is 5.92 Å². The van der Waals surface area contributed by atoms with Crippen molar-refractivity contribution in [1.82, 2.24) is 0 Å². The van der Waals surface area contributed by atoms with Gasteiger partial charge in [-0.3, -0.25) is 0 Å². The van der Waals surface area contributed by atoms with Gasteiger partial charge in [0, 0.05) is 18.9 Å². The van der Waals surface area contributed by atoms with Gasteiger partial charge in [0.05, 0.1) is 11.4 Å². The Labute approximate surface area is 110 Å². The van der Waals surface area contributed by atoms with Gasteiger partial charge >= 0.3 is 0 Å². The molecule has 1 aliphatic carbocycles. The van der Waals surface area contributed by atoms with E-state index in [1.807, 2.05) is 0 Å². The first kappa shape index (κ1) is 14.3. The van der Waals surface area contributed by atoms with Gasteiger partial charge in [-0.2, -0.15) is 0 Å². The average Bonchev–Trinajstić information content (AvgIpc) is 2.28. The summed E-state index contributed by atoms with van der Waals surface area (Å²) in [5.41, 5.74) is 6.10. The maximum Gasteiger partial charge on any atom is 0.148 e. The SMILES string of the molecule is CS(=O)(=O)CC(N)C1CCOC2(CCCCC2)C1. The van der Waals surface area contributed by atoms with Crippen LogP contribution >= 0.6 is 0 Å². The van der Waals surface area contributed by atoms with Crippen LogP contribution in [0.2, 0.25) is 0 Å². The smallest absolute Gasteiger partial charge is 0.148 e. The molecule has 18 heavy (non-hydrogen) atoms. The molecule has 2 rings (SSSR count). The summed E-state index contributed by atoms with van der Waals surface area (Å²) in [5.74, 6) is 0.403. The minimum atomic E-state index is -2.98. The topological polar surface area (TPSA) is 69.4 Å². The van der Waals surface area contributed by atoms with E-state index in [4.69, 9.17) is 10.5 Å². The van der Waals surface area contributed by atoms with E-state index in [1.165, 1.54) is 25.5 Å². The van der Waals surface area contributed by atoms with Gasteiger partial charge in [-0.05, 0) is 31.6 Å². The summed E-state index contributed by atoms with van der Waals surface area (Å²) in [7, 11) is -2.98. The Morgan fingerprint density at radius 3 is 2.61 bits per heavy atom. The van der Waals surface area contributed by atoms with Crippen LogP contribution in [0.1, 0.15) is 44.9 Å².